The van der Waals surface area contributed by atoms with Gasteiger partial charge in [-0.25, -0.2) is 4.98 Å². The third kappa shape index (κ3) is 1.18. The molecule has 0 bridgehead atoms. The summed E-state index contributed by atoms with van der Waals surface area (Å²) in [5.74, 6) is 0.930. The van der Waals surface area contributed by atoms with Crippen LogP contribution in [0.25, 0.3) is 0 Å². The Balaban J connectivity index is 2.19. The fourth-order valence-electron chi connectivity index (χ4n) is 1.68. The van der Waals surface area contributed by atoms with Crippen molar-refractivity contribution in [3.63, 3.8) is 0 Å². The zero-order valence-corrected chi connectivity index (χ0v) is 7.08. The molecular formula is C8H13N3O. The highest BCUT2D eigenvalue weighted by atomic mass is 16.5. The molecule has 1 aliphatic rings. The molecule has 1 fully saturated rings. The molecule has 66 valence electrons. The van der Waals surface area contributed by atoms with Crippen LogP contribution in [0, 0.1) is 0 Å². The molecule has 1 saturated heterocycles. The number of hydrogen-bond donors (Lipinski definition) is 2. The Bertz CT molecular complexity index is 271. The molecule has 3 N–H and O–H groups in total. The van der Waals surface area contributed by atoms with Crippen LogP contribution in [0.3, 0.4) is 0 Å². The van der Waals surface area contributed by atoms with E-state index >= 15 is 0 Å². The van der Waals surface area contributed by atoms with Crippen LogP contribution in [0.2, 0.25) is 0 Å². The van der Waals surface area contributed by atoms with Gasteiger partial charge in [0.1, 0.15) is 0 Å². The van der Waals surface area contributed by atoms with Crippen molar-refractivity contribution in [3.05, 3.63) is 11.9 Å². The summed E-state index contributed by atoms with van der Waals surface area (Å²) in [5.41, 5.74) is 6.58. The lowest BCUT2D eigenvalue weighted by molar-refractivity contribution is 0.118. The normalized spacial score (nSPS) is 29.4. The van der Waals surface area contributed by atoms with Gasteiger partial charge in [-0.2, -0.15) is 0 Å². The van der Waals surface area contributed by atoms with Crippen LogP contribution >= 0.6 is 0 Å². The Labute approximate surface area is 71.1 Å². The van der Waals surface area contributed by atoms with E-state index in [4.69, 9.17) is 10.5 Å². The average molecular weight is 167 g/mol. The molecule has 1 aliphatic heterocycles. The van der Waals surface area contributed by atoms with E-state index in [1.54, 1.807) is 6.20 Å². The van der Waals surface area contributed by atoms with Crippen molar-refractivity contribution in [2.24, 2.45) is 0 Å². The summed E-state index contributed by atoms with van der Waals surface area (Å²) in [6.07, 6.45) is 3.14. The minimum atomic E-state index is 0.282. The molecule has 1 aromatic heterocycles. The number of aromatic amines is 1. The van der Waals surface area contributed by atoms with E-state index in [-0.39, 0.29) is 6.10 Å². The number of rotatable bonds is 1. The van der Waals surface area contributed by atoms with Gasteiger partial charge in [-0.05, 0) is 13.3 Å². The lowest BCUT2D eigenvalue weighted by Crippen LogP contribution is -2.09. The Kier molecular flexibility index (Phi) is 1.77. The first-order chi connectivity index (χ1) is 5.77. The van der Waals surface area contributed by atoms with E-state index < -0.39 is 0 Å². The molecule has 1 aromatic rings. The predicted octanol–water partition coefficient (Wildman–Crippen LogP) is 0.884. The fourth-order valence-corrected chi connectivity index (χ4v) is 1.68. The maximum atomic E-state index is 5.48. The van der Waals surface area contributed by atoms with Gasteiger partial charge in [0, 0.05) is 18.2 Å². The van der Waals surface area contributed by atoms with E-state index in [9.17, 15) is 0 Å². The number of hydrogen-bond acceptors (Lipinski definition) is 3. The molecule has 0 saturated carbocycles. The van der Waals surface area contributed by atoms with Crippen molar-refractivity contribution >= 4 is 5.95 Å². The second-order valence-electron chi connectivity index (χ2n) is 3.19. The van der Waals surface area contributed by atoms with Crippen molar-refractivity contribution < 1.29 is 4.74 Å². The van der Waals surface area contributed by atoms with Crippen molar-refractivity contribution in [3.8, 4) is 0 Å². The van der Waals surface area contributed by atoms with Crippen LogP contribution in [0.5, 0.6) is 0 Å². The smallest absolute Gasteiger partial charge is 0.197 e. The largest absolute Gasteiger partial charge is 0.378 e. The van der Waals surface area contributed by atoms with E-state index in [0.717, 1.165) is 18.7 Å². The standard InChI is InChI=1S/C8H13N3O/c1-5-6(2-3-12-5)7-4-10-8(9)11-7/h4-6H,2-3H2,1H3,(H3,9,10,11). The van der Waals surface area contributed by atoms with Crippen LogP contribution < -0.4 is 5.73 Å². The number of imidazole rings is 1. The van der Waals surface area contributed by atoms with Gasteiger partial charge in [-0.3, -0.25) is 0 Å². The molecule has 2 atom stereocenters. The van der Waals surface area contributed by atoms with Gasteiger partial charge in [-0.1, -0.05) is 0 Å². The van der Waals surface area contributed by atoms with Crippen LogP contribution in [0.1, 0.15) is 25.0 Å². The molecule has 4 nitrogen and oxygen atoms in total. The SMILES string of the molecule is CC1OCCC1c1cnc(N)[nH]1. The molecule has 12 heavy (non-hydrogen) atoms. The summed E-state index contributed by atoms with van der Waals surface area (Å²) in [6.45, 7) is 2.92. The molecule has 2 heterocycles. The Hall–Kier alpha value is -1.03. The van der Waals surface area contributed by atoms with Crippen molar-refractivity contribution in [1.82, 2.24) is 9.97 Å². The number of nitrogens with two attached hydrogens (primary N) is 1. The highest BCUT2D eigenvalue weighted by molar-refractivity contribution is 5.22. The van der Waals surface area contributed by atoms with Crippen LogP contribution in [-0.4, -0.2) is 22.7 Å². The maximum absolute atomic E-state index is 5.48. The second kappa shape index (κ2) is 2.79. The molecule has 4 heteroatoms. The topological polar surface area (TPSA) is 63.9 Å². The first kappa shape index (κ1) is 7.61. The van der Waals surface area contributed by atoms with Crippen molar-refractivity contribution in [2.45, 2.75) is 25.4 Å². The molecular weight excluding hydrogens is 154 g/mol. The van der Waals surface area contributed by atoms with Gasteiger partial charge in [-0.15, -0.1) is 0 Å². The first-order valence-electron chi connectivity index (χ1n) is 4.19. The number of aromatic nitrogens is 2. The number of nitrogens with one attached hydrogen (secondary N) is 1. The number of nitrogens with zero attached hydrogens (tertiary/aromatic N) is 1. The van der Waals surface area contributed by atoms with E-state index in [2.05, 4.69) is 16.9 Å². The molecule has 0 aliphatic carbocycles. The van der Waals surface area contributed by atoms with Crippen LogP contribution in [0.4, 0.5) is 5.95 Å². The number of H-pyrrole nitrogens is 1. The molecule has 0 radical (unpaired) electrons. The molecule has 0 aromatic carbocycles. The lowest BCUT2D eigenvalue weighted by atomic mass is 10.00. The van der Waals surface area contributed by atoms with Crippen LogP contribution in [-0.2, 0) is 4.74 Å². The first-order valence-corrected chi connectivity index (χ1v) is 4.19. The summed E-state index contributed by atoms with van der Waals surface area (Å²) in [6, 6.07) is 0. The van der Waals surface area contributed by atoms with Gasteiger partial charge >= 0.3 is 0 Å². The van der Waals surface area contributed by atoms with E-state index in [1.807, 2.05) is 0 Å². The Morgan fingerprint density at radius 2 is 2.58 bits per heavy atom. The predicted molar refractivity (Wildman–Crippen MR) is 45.8 cm³/mol. The van der Waals surface area contributed by atoms with Gasteiger partial charge in [0.2, 0.25) is 0 Å². The van der Waals surface area contributed by atoms with Gasteiger partial charge in [0.25, 0.3) is 0 Å². The number of nitrogen functional groups attached to an aromatic ring is 1. The Morgan fingerprint density at radius 3 is 3.08 bits per heavy atom. The number of ether oxygens (including phenoxy) is 1. The summed E-state index contributed by atoms with van der Waals surface area (Å²) >= 11 is 0. The molecule has 2 rings (SSSR count). The minimum absolute atomic E-state index is 0.282. The maximum Gasteiger partial charge on any atom is 0.197 e. The second-order valence-corrected chi connectivity index (χ2v) is 3.19. The summed E-state index contributed by atoms with van der Waals surface area (Å²) in [5, 5.41) is 0. The summed E-state index contributed by atoms with van der Waals surface area (Å²) < 4.78 is 5.44. The zero-order valence-electron chi connectivity index (χ0n) is 7.08. The third-order valence-electron chi connectivity index (χ3n) is 2.39. The molecule has 0 spiro atoms. The molecule has 2 unspecified atom stereocenters. The highest BCUT2D eigenvalue weighted by Crippen LogP contribution is 2.29. The quantitative estimate of drug-likeness (QED) is 0.652. The van der Waals surface area contributed by atoms with Gasteiger partial charge in [0.15, 0.2) is 5.95 Å². The van der Waals surface area contributed by atoms with E-state index in [1.165, 1.54) is 0 Å². The zero-order chi connectivity index (χ0) is 8.55. The van der Waals surface area contributed by atoms with Crippen molar-refractivity contribution in [1.29, 1.82) is 0 Å². The Morgan fingerprint density at radius 1 is 1.75 bits per heavy atom. The monoisotopic (exact) mass is 167 g/mol. The van der Waals surface area contributed by atoms with Gasteiger partial charge in [0.05, 0.1) is 12.3 Å². The molecule has 0 amide bonds. The van der Waals surface area contributed by atoms with Crippen molar-refractivity contribution in [2.75, 3.05) is 12.3 Å². The van der Waals surface area contributed by atoms with Gasteiger partial charge < -0.3 is 15.5 Å². The average Bonchev–Trinajstić information content (AvgIpc) is 2.58. The fraction of sp³-hybridized carbons (Fsp3) is 0.625. The number of anilines is 1. The third-order valence-corrected chi connectivity index (χ3v) is 2.39. The summed E-state index contributed by atoms with van der Waals surface area (Å²) in [4.78, 5) is 7.00. The minimum Gasteiger partial charge on any atom is -0.378 e. The van der Waals surface area contributed by atoms with E-state index in [0.29, 0.717) is 11.9 Å². The van der Waals surface area contributed by atoms with Crippen LogP contribution in [0.15, 0.2) is 6.20 Å². The lowest BCUT2D eigenvalue weighted by Gasteiger charge is -2.10. The highest BCUT2D eigenvalue weighted by Gasteiger charge is 2.26. The summed E-state index contributed by atoms with van der Waals surface area (Å²) in [7, 11) is 0.